The van der Waals surface area contributed by atoms with E-state index in [0.29, 0.717) is 10.9 Å². The van der Waals surface area contributed by atoms with E-state index in [-0.39, 0.29) is 5.39 Å². The van der Waals surface area contributed by atoms with Crippen molar-refractivity contribution in [2.24, 2.45) is 35.2 Å². The predicted molar refractivity (Wildman–Crippen MR) is 530 cm³/mol. The highest BCUT2D eigenvalue weighted by Gasteiger charge is 2.36. The Hall–Kier alpha value is -15.2. The third-order valence-corrected chi connectivity index (χ3v) is 26.4. The quantitative estimate of drug-likeness (QED) is 0.129. The SMILES string of the molecule is COc1ccc(C)c2c3ccc[n+](C)c3c3c(C)ccnc3c12.Cc1cc(C)c(-c2cccc3c4ccc[n+](C)c4c4c(C)ccnc4c23)c(C)c1.Cc1ccc(-c2ccccc2)c2c3nccc(C)c3c3c(ccc[n+]3C)c12.Cc1ccc(C(F)(F)F)c2c3nccc(C)c3c3c(ccc[n+]3C)c12.Cc1ccnc2c3c(-c4ccccc4)cccc3c3ccc[n+](C)c3c12. The van der Waals surface area contributed by atoms with Gasteiger partial charge in [-0.05, 0) is 249 Å². The van der Waals surface area contributed by atoms with Gasteiger partial charge >= 0.3 is 6.18 Å². The maximum Gasteiger partial charge on any atom is 0.417 e. The molecule has 636 valence electrons. The molecular formula is C116H100F3N10O+5. The maximum absolute atomic E-state index is 13.7. The number of hydrogen-bond donors (Lipinski definition) is 0. The van der Waals surface area contributed by atoms with Crippen molar-refractivity contribution in [2.75, 3.05) is 7.11 Å². The van der Waals surface area contributed by atoms with Crippen LogP contribution in [0.3, 0.4) is 0 Å². The number of aryl methyl sites for hydroxylation is 16. The lowest BCUT2D eigenvalue weighted by atomic mass is 9.88. The van der Waals surface area contributed by atoms with E-state index in [4.69, 9.17) is 24.7 Å². The summed E-state index contributed by atoms with van der Waals surface area (Å²) in [5.74, 6) is 0.877. The molecule has 0 radical (unpaired) electrons. The summed E-state index contributed by atoms with van der Waals surface area (Å²) >= 11 is 0. The number of nitrogens with zero attached hydrogens (tertiary/aromatic N) is 10. The molecule has 0 amide bonds. The molecule has 23 rings (SSSR count). The number of rotatable bonds is 4. The van der Waals surface area contributed by atoms with Crippen molar-refractivity contribution in [1.29, 1.82) is 0 Å². The molecule has 0 aliphatic rings. The summed E-state index contributed by atoms with van der Waals surface area (Å²) in [5, 5.41) is 22.2. The molecule has 0 saturated heterocycles. The van der Waals surface area contributed by atoms with Crippen LogP contribution in [0.2, 0.25) is 0 Å². The number of alkyl halides is 3. The maximum atomic E-state index is 13.7. The summed E-state index contributed by atoms with van der Waals surface area (Å²) in [5.41, 5.74) is 30.6. The first-order chi connectivity index (χ1) is 62.8. The molecule has 0 saturated carbocycles. The monoisotopic (exact) mass is 1710 g/mol. The summed E-state index contributed by atoms with van der Waals surface area (Å²) < 4.78 is 57.6. The van der Waals surface area contributed by atoms with Crippen molar-refractivity contribution in [3.63, 3.8) is 0 Å². The molecular weight excluding hydrogens is 1610 g/mol. The zero-order valence-electron chi connectivity index (χ0n) is 76.3. The highest BCUT2D eigenvalue weighted by molar-refractivity contribution is 6.31. The molecule has 0 spiro atoms. The molecule has 10 aromatic heterocycles. The molecule has 14 heteroatoms. The highest BCUT2D eigenvalue weighted by Crippen LogP contribution is 2.48. The second-order valence-corrected chi connectivity index (χ2v) is 34.8. The summed E-state index contributed by atoms with van der Waals surface area (Å²) in [6.45, 7) is 23.4. The van der Waals surface area contributed by atoms with E-state index < -0.39 is 11.7 Å². The number of benzene rings is 13. The minimum atomic E-state index is -4.44. The van der Waals surface area contributed by atoms with Crippen LogP contribution in [0.25, 0.3) is 196 Å². The topological polar surface area (TPSA) is 93.1 Å². The van der Waals surface area contributed by atoms with Gasteiger partial charge < -0.3 is 4.74 Å². The fourth-order valence-electron chi connectivity index (χ4n) is 20.8. The van der Waals surface area contributed by atoms with E-state index >= 15 is 0 Å². The Morgan fingerprint density at radius 3 is 0.938 bits per heavy atom. The van der Waals surface area contributed by atoms with E-state index in [0.717, 1.165) is 66.7 Å². The first kappa shape index (κ1) is 84.3. The third-order valence-electron chi connectivity index (χ3n) is 26.4. The zero-order chi connectivity index (χ0) is 90.6. The van der Waals surface area contributed by atoms with Crippen LogP contribution in [-0.4, -0.2) is 32.0 Å². The first-order valence-electron chi connectivity index (χ1n) is 44.1. The molecule has 11 nitrogen and oxygen atoms in total. The van der Waals surface area contributed by atoms with Gasteiger partial charge in [-0.25, -0.2) is 22.8 Å². The Kier molecular flexibility index (Phi) is 21.8. The Bertz CT molecular complexity index is 8630. The second-order valence-electron chi connectivity index (χ2n) is 34.8. The number of aromatic nitrogens is 10. The van der Waals surface area contributed by atoms with Gasteiger partial charge in [0.1, 0.15) is 41.0 Å². The molecule has 23 aromatic rings. The Morgan fingerprint density at radius 1 is 0.246 bits per heavy atom. The molecule has 0 aliphatic carbocycles. The van der Waals surface area contributed by atoms with Gasteiger partial charge in [0.05, 0.1) is 99.5 Å². The average Bonchev–Trinajstić information content (AvgIpc) is 0.703. The number of ether oxygens (including phenoxy) is 1. The molecule has 13 aromatic carbocycles. The van der Waals surface area contributed by atoms with Gasteiger partial charge in [-0.3, -0.25) is 24.9 Å². The fourth-order valence-corrected chi connectivity index (χ4v) is 20.8. The van der Waals surface area contributed by atoms with Crippen LogP contribution >= 0.6 is 0 Å². The Morgan fingerprint density at radius 2 is 0.546 bits per heavy atom. The summed E-state index contributed by atoms with van der Waals surface area (Å²) in [4.78, 5) is 23.7. The number of pyridine rings is 10. The van der Waals surface area contributed by atoms with Crippen molar-refractivity contribution in [2.45, 2.75) is 82.3 Å². The van der Waals surface area contributed by atoms with E-state index in [9.17, 15) is 13.2 Å². The van der Waals surface area contributed by atoms with Crippen molar-refractivity contribution < 1.29 is 40.7 Å². The molecule has 0 fully saturated rings. The van der Waals surface area contributed by atoms with Gasteiger partial charge in [0.2, 0.25) is 27.6 Å². The largest absolute Gasteiger partial charge is 0.496 e. The van der Waals surface area contributed by atoms with Crippen LogP contribution in [0.1, 0.15) is 66.8 Å². The van der Waals surface area contributed by atoms with Gasteiger partial charge in [0, 0.05) is 99.0 Å². The van der Waals surface area contributed by atoms with Crippen molar-refractivity contribution in [1.82, 2.24) is 24.9 Å². The van der Waals surface area contributed by atoms with Crippen molar-refractivity contribution >= 4 is 163 Å². The van der Waals surface area contributed by atoms with Crippen molar-refractivity contribution in [3.05, 3.63) is 365 Å². The molecule has 0 atom stereocenters. The van der Waals surface area contributed by atoms with Gasteiger partial charge in [-0.1, -0.05) is 139 Å². The van der Waals surface area contributed by atoms with Crippen LogP contribution in [0, 0.1) is 76.2 Å². The summed E-state index contributed by atoms with van der Waals surface area (Å²) in [7, 11) is 12.1. The molecule has 0 bridgehead atoms. The van der Waals surface area contributed by atoms with Crippen LogP contribution in [0.15, 0.2) is 299 Å². The first-order valence-corrected chi connectivity index (χ1v) is 44.1. The fraction of sp³-hybridized carbons (Fsp3) is 0.155. The van der Waals surface area contributed by atoms with E-state index in [1.807, 2.05) is 80.7 Å². The smallest absolute Gasteiger partial charge is 0.417 e. The van der Waals surface area contributed by atoms with Crippen molar-refractivity contribution in [3.8, 4) is 39.1 Å². The Balaban J connectivity index is 0.000000106. The predicted octanol–water partition coefficient (Wildman–Crippen LogP) is 26.2. The molecule has 0 unspecified atom stereocenters. The second kappa shape index (κ2) is 33.6. The Labute approximate surface area is 753 Å². The summed E-state index contributed by atoms with van der Waals surface area (Å²) in [6.07, 6.45) is 15.2. The van der Waals surface area contributed by atoms with Crippen LogP contribution in [-0.2, 0) is 41.4 Å². The van der Waals surface area contributed by atoms with Crippen LogP contribution in [0.5, 0.6) is 5.75 Å². The van der Waals surface area contributed by atoms with Gasteiger partial charge in [-0.2, -0.15) is 13.2 Å². The van der Waals surface area contributed by atoms with E-state index in [1.54, 1.807) is 19.4 Å². The van der Waals surface area contributed by atoms with Gasteiger partial charge in [-0.15, -0.1) is 0 Å². The lowest BCUT2D eigenvalue weighted by molar-refractivity contribution is -0.644. The minimum absolute atomic E-state index is 0.185. The standard InChI is InChI=1S/C27H25N2.C25H21N2.C24H19N2.C20H16F3N2.C20H19N2O/c1-16-14-18(3)23(19(4)15-16)22-9-6-8-20-21-10-7-13-29(5)27(21)24-17(2)11-12-28-26(24)25(20)22;1-16-11-12-19(18-8-5-4-6-9-18)23-21(16)20-10-7-15-27(3)25(20)22-17(2)13-14-26-24(22)23;1-16-13-14-25-23-21(16)24-20(12-7-15-26(24)2)19-11-6-10-18(22(19)23)17-8-4-3-5-9-17;1-11-6-7-14(20(21,22)23)17-15(11)13-5-4-10-25(3)19(13)16-12(2)8-9-24-18(16)17;1-12-7-8-15(23-4)18-16(12)14-6-5-11-22(3)20(14)17-13(2)9-10-21-19(17)18/h6-15H,1-5H3;4-15H,1-3H3;3-15H,1-2H3;4-10H,1-3H3;5-11H,1-4H3/q5*+1. The van der Waals surface area contributed by atoms with Crippen LogP contribution < -0.4 is 27.6 Å². The number of methoxy groups -OCH3 is 1. The minimum Gasteiger partial charge on any atom is -0.496 e. The van der Waals surface area contributed by atoms with Gasteiger partial charge in [0.25, 0.3) is 0 Å². The average molecular weight is 1710 g/mol. The number of fused-ring (bicyclic) bond motifs is 30. The van der Waals surface area contributed by atoms with Gasteiger partial charge in [0.15, 0.2) is 31.0 Å². The third kappa shape index (κ3) is 14.2. The lowest BCUT2D eigenvalue weighted by Gasteiger charge is -2.17. The normalized spacial score (nSPS) is 11.7. The highest BCUT2D eigenvalue weighted by atomic mass is 19.4. The molecule has 0 N–H and O–H groups in total. The number of hydrogen-bond acceptors (Lipinski definition) is 6. The van der Waals surface area contributed by atoms with E-state index in [2.05, 4.69) is 339 Å². The zero-order valence-corrected chi connectivity index (χ0v) is 76.3. The molecule has 0 aliphatic heterocycles. The molecule has 130 heavy (non-hydrogen) atoms. The van der Waals surface area contributed by atoms with Crippen LogP contribution in [0.4, 0.5) is 13.2 Å². The molecule has 10 heterocycles. The van der Waals surface area contributed by atoms with E-state index in [1.165, 1.54) is 186 Å². The lowest BCUT2D eigenvalue weighted by Crippen LogP contribution is -2.28. The number of halogens is 3. The summed E-state index contributed by atoms with van der Waals surface area (Å²) in [6, 6.07) is 81.7.